The van der Waals surface area contributed by atoms with E-state index in [0.29, 0.717) is 5.75 Å². The maximum atomic E-state index is 13.7. The van der Waals surface area contributed by atoms with Gasteiger partial charge in [-0.1, -0.05) is 32.0 Å². The molecule has 2 rings (SSSR count). The minimum atomic E-state index is -0.137. The van der Waals surface area contributed by atoms with Crippen LogP contribution < -0.4 is 0 Å². The number of hydrogen-bond donors (Lipinski definition) is 1. The molecule has 0 aromatic heterocycles. The molecule has 0 amide bonds. The molecule has 20 heavy (non-hydrogen) atoms. The highest BCUT2D eigenvalue weighted by molar-refractivity contribution is 5.44. The number of aromatic hydroxyl groups is 1. The zero-order valence-corrected chi connectivity index (χ0v) is 12.5. The smallest absolute Gasteiger partial charge is 0.126 e. The number of phenols is 1. The molecule has 1 nitrogen and oxygen atoms in total. The fourth-order valence-electron chi connectivity index (χ4n) is 2.42. The fraction of sp³-hybridized carbons (Fsp3) is 0.333. The average molecular weight is 272 g/mol. The lowest BCUT2D eigenvalue weighted by molar-refractivity contribution is 0.470. The summed E-state index contributed by atoms with van der Waals surface area (Å²) in [4.78, 5) is 0. The summed E-state index contributed by atoms with van der Waals surface area (Å²) in [6.45, 7) is 7.92. The number of hydrogen-bond acceptors (Lipinski definition) is 1. The largest absolute Gasteiger partial charge is 0.508 e. The van der Waals surface area contributed by atoms with Crippen LogP contribution in [0.1, 0.15) is 47.6 Å². The average Bonchev–Trinajstić information content (AvgIpc) is 2.41. The summed E-state index contributed by atoms with van der Waals surface area (Å²) in [6.07, 6.45) is 0.757. The molecule has 0 spiro atoms. The van der Waals surface area contributed by atoms with Gasteiger partial charge in [0.05, 0.1) is 0 Å². The van der Waals surface area contributed by atoms with Crippen molar-refractivity contribution < 1.29 is 9.50 Å². The molecule has 0 saturated heterocycles. The lowest BCUT2D eigenvalue weighted by Crippen LogP contribution is -1.98. The molecule has 2 aromatic rings. The summed E-state index contributed by atoms with van der Waals surface area (Å²) in [5.74, 6) is 0.369. The van der Waals surface area contributed by atoms with E-state index in [1.165, 1.54) is 5.56 Å². The molecule has 2 aromatic carbocycles. The number of benzene rings is 2. The van der Waals surface area contributed by atoms with E-state index >= 15 is 0 Å². The van der Waals surface area contributed by atoms with E-state index < -0.39 is 0 Å². The second kappa shape index (κ2) is 5.66. The predicted octanol–water partition coefficient (Wildman–Crippen LogP) is 4.86. The normalized spacial score (nSPS) is 11.1. The zero-order valence-electron chi connectivity index (χ0n) is 12.5. The van der Waals surface area contributed by atoms with Gasteiger partial charge in [0.15, 0.2) is 0 Å². The Bertz CT molecular complexity index is 630. The van der Waals surface area contributed by atoms with Crippen molar-refractivity contribution in [2.24, 2.45) is 0 Å². The first-order valence-corrected chi connectivity index (χ1v) is 6.96. The zero-order chi connectivity index (χ0) is 14.9. The Kier molecular flexibility index (Phi) is 4.12. The Balaban J connectivity index is 2.36. The minimum absolute atomic E-state index is 0.137. The van der Waals surface area contributed by atoms with Crippen LogP contribution in [0.25, 0.3) is 0 Å². The van der Waals surface area contributed by atoms with E-state index in [1.807, 2.05) is 45.9 Å². The van der Waals surface area contributed by atoms with Crippen molar-refractivity contribution in [3.63, 3.8) is 0 Å². The highest BCUT2D eigenvalue weighted by Crippen LogP contribution is 2.26. The van der Waals surface area contributed by atoms with Crippen LogP contribution in [0.3, 0.4) is 0 Å². The highest BCUT2D eigenvalue weighted by Gasteiger charge is 2.10. The highest BCUT2D eigenvalue weighted by atomic mass is 19.1. The van der Waals surface area contributed by atoms with Crippen LogP contribution in [-0.4, -0.2) is 5.11 Å². The molecule has 0 saturated carbocycles. The Morgan fingerprint density at radius 1 is 1.05 bits per heavy atom. The van der Waals surface area contributed by atoms with Gasteiger partial charge in [0.1, 0.15) is 11.6 Å². The quantitative estimate of drug-likeness (QED) is 0.845. The van der Waals surface area contributed by atoms with Gasteiger partial charge in [0, 0.05) is 0 Å². The maximum absolute atomic E-state index is 13.7. The summed E-state index contributed by atoms with van der Waals surface area (Å²) in [7, 11) is 0. The molecule has 106 valence electrons. The third-order valence-corrected chi connectivity index (χ3v) is 3.95. The summed E-state index contributed by atoms with van der Waals surface area (Å²) in [5, 5.41) is 9.69. The van der Waals surface area contributed by atoms with E-state index in [1.54, 1.807) is 12.1 Å². The van der Waals surface area contributed by atoms with Crippen LogP contribution in [0.2, 0.25) is 0 Å². The lowest BCUT2D eigenvalue weighted by Gasteiger charge is -2.13. The SMILES string of the molecule is Cc1c(O)ccc(Cc2ccc(F)c(C(C)C)c2)c1C. The van der Waals surface area contributed by atoms with Crippen molar-refractivity contribution in [2.75, 3.05) is 0 Å². The molecule has 0 atom stereocenters. The van der Waals surface area contributed by atoms with Crippen molar-refractivity contribution in [2.45, 2.75) is 40.0 Å². The minimum Gasteiger partial charge on any atom is -0.508 e. The molecule has 0 fully saturated rings. The van der Waals surface area contributed by atoms with Crippen molar-refractivity contribution in [1.29, 1.82) is 0 Å². The Labute approximate surface area is 120 Å². The summed E-state index contributed by atoms with van der Waals surface area (Å²) >= 11 is 0. The van der Waals surface area contributed by atoms with Crippen molar-refractivity contribution in [3.8, 4) is 5.75 Å². The van der Waals surface area contributed by atoms with Crippen LogP contribution >= 0.6 is 0 Å². The molecule has 2 heteroatoms. The van der Waals surface area contributed by atoms with Crippen molar-refractivity contribution >= 4 is 0 Å². The topological polar surface area (TPSA) is 20.2 Å². The monoisotopic (exact) mass is 272 g/mol. The molecule has 0 aliphatic heterocycles. The standard InChI is InChI=1S/C18H21FO/c1-11(2)16-10-14(5-7-17(16)19)9-15-6-8-18(20)13(4)12(15)3/h5-8,10-11,20H,9H2,1-4H3. The third-order valence-electron chi connectivity index (χ3n) is 3.95. The molecule has 0 radical (unpaired) electrons. The third kappa shape index (κ3) is 2.84. The maximum Gasteiger partial charge on any atom is 0.126 e. The Hall–Kier alpha value is -1.83. The van der Waals surface area contributed by atoms with Gasteiger partial charge in [-0.15, -0.1) is 0 Å². The summed E-state index contributed by atoms with van der Waals surface area (Å²) < 4.78 is 13.7. The van der Waals surface area contributed by atoms with Gasteiger partial charge in [-0.05, 0) is 66.1 Å². The Morgan fingerprint density at radius 3 is 2.40 bits per heavy atom. The van der Waals surface area contributed by atoms with Crippen LogP contribution in [0.15, 0.2) is 30.3 Å². The number of halogens is 1. The summed E-state index contributed by atoms with van der Waals surface area (Å²) in [5.41, 5.74) is 5.04. The first-order valence-electron chi connectivity index (χ1n) is 6.96. The van der Waals surface area contributed by atoms with E-state index in [2.05, 4.69) is 0 Å². The molecule has 0 unspecified atom stereocenters. The van der Waals surface area contributed by atoms with Gasteiger partial charge >= 0.3 is 0 Å². The first-order chi connectivity index (χ1) is 9.40. The van der Waals surface area contributed by atoms with Gasteiger partial charge < -0.3 is 5.11 Å². The van der Waals surface area contributed by atoms with Gasteiger partial charge in [-0.3, -0.25) is 0 Å². The van der Waals surface area contributed by atoms with Crippen LogP contribution in [-0.2, 0) is 6.42 Å². The molecule has 0 aliphatic carbocycles. The van der Waals surface area contributed by atoms with Crippen LogP contribution in [0.4, 0.5) is 4.39 Å². The van der Waals surface area contributed by atoms with Crippen molar-refractivity contribution in [1.82, 2.24) is 0 Å². The first kappa shape index (κ1) is 14.6. The molecule has 0 bridgehead atoms. The number of phenolic OH excluding ortho intramolecular Hbond substituents is 1. The van der Waals surface area contributed by atoms with E-state index in [-0.39, 0.29) is 11.7 Å². The molecule has 1 N–H and O–H groups in total. The fourth-order valence-corrected chi connectivity index (χ4v) is 2.42. The van der Waals surface area contributed by atoms with Crippen LogP contribution in [0.5, 0.6) is 5.75 Å². The van der Waals surface area contributed by atoms with Gasteiger partial charge in [-0.25, -0.2) is 4.39 Å². The number of rotatable bonds is 3. The van der Waals surface area contributed by atoms with Gasteiger partial charge in [0.2, 0.25) is 0 Å². The molecular formula is C18H21FO. The molecular weight excluding hydrogens is 251 g/mol. The predicted molar refractivity (Wildman–Crippen MR) is 80.9 cm³/mol. The summed E-state index contributed by atoms with van der Waals surface area (Å²) in [6, 6.07) is 9.00. The molecule has 0 aliphatic rings. The van der Waals surface area contributed by atoms with E-state index in [9.17, 15) is 9.50 Å². The van der Waals surface area contributed by atoms with E-state index in [4.69, 9.17) is 0 Å². The molecule has 0 heterocycles. The van der Waals surface area contributed by atoms with Gasteiger partial charge in [0.25, 0.3) is 0 Å². The second-order valence-corrected chi connectivity index (χ2v) is 5.68. The van der Waals surface area contributed by atoms with Gasteiger partial charge in [-0.2, -0.15) is 0 Å². The lowest BCUT2D eigenvalue weighted by atomic mass is 9.94. The van der Waals surface area contributed by atoms with Crippen molar-refractivity contribution in [3.05, 3.63) is 64.0 Å². The second-order valence-electron chi connectivity index (χ2n) is 5.68. The van der Waals surface area contributed by atoms with E-state index in [0.717, 1.165) is 28.7 Å². The van der Waals surface area contributed by atoms with Crippen LogP contribution in [0, 0.1) is 19.7 Å². The Morgan fingerprint density at radius 2 is 1.75 bits per heavy atom.